The number of hydrogen-bond donors (Lipinski definition) is 3. The number of carboxylic acids is 1. The third-order valence-corrected chi connectivity index (χ3v) is 3.49. The Kier molecular flexibility index (Phi) is 3.29. The lowest BCUT2D eigenvalue weighted by Gasteiger charge is -2.26. The maximum atomic E-state index is 11.0. The predicted molar refractivity (Wildman–Crippen MR) is 70.3 cm³/mol. The van der Waals surface area contributed by atoms with Gasteiger partial charge in [-0.05, 0) is 18.9 Å². The van der Waals surface area contributed by atoms with E-state index in [0.717, 1.165) is 6.42 Å². The first-order chi connectivity index (χ1) is 9.65. The number of nitrogens with zero attached hydrogens (tertiary/aromatic N) is 3. The molecule has 2 atom stereocenters. The number of aromatic nitrogens is 3. The number of hydrogen-bond acceptors (Lipinski definition) is 6. The third-order valence-electron chi connectivity index (χ3n) is 3.49. The first-order valence-corrected chi connectivity index (χ1v) is 6.41. The summed E-state index contributed by atoms with van der Waals surface area (Å²) in [7, 11) is 0. The fourth-order valence-electron chi connectivity index (χ4n) is 2.42. The van der Waals surface area contributed by atoms with E-state index in [1.807, 2.05) is 0 Å². The van der Waals surface area contributed by atoms with E-state index in [9.17, 15) is 9.90 Å². The van der Waals surface area contributed by atoms with Gasteiger partial charge in [-0.3, -0.25) is 4.98 Å². The second-order valence-corrected chi connectivity index (χ2v) is 4.89. The molecule has 20 heavy (non-hydrogen) atoms. The van der Waals surface area contributed by atoms with Crippen LogP contribution in [-0.4, -0.2) is 44.0 Å². The summed E-state index contributed by atoms with van der Waals surface area (Å²) < 4.78 is 0. The van der Waals surface area contributed by atoms with Crippen LogP contribution in [0.1, 0.15) is 34.9 Å². The highest BCUT2D eigenvalue weighted by Crippen LogP contribution is 2.26. The van der Waals surface area contributed by atoms with Crippen LogP contribution in [0.3, 0.4) is 0 Å². The Morgan fingerprint density at radius 3 is 2.90 bits per heavy atom. The normalized spacial score (nSPS) is 22.9. The molecule has 1 aliphatic heterocycles. The van der Waals surface area contributed by atoms with Gasteiger partial charge in [-0.25, -0.2) is 4.79 Å². The number of piperidine rings is 1. The van der Waals surface area contributed by atoms with Crippen LogP contribution in [0.2, 0.25) is 0 Å². The van der Waals surface area contributed by atoms with Crippen LogP contribution >= 0.6 is 0 Å². The van der Waals surface area contributed by atoms with E-state index in [0.29, 0.717) is 29.6 Å². The summed E-state index contributed by atoms with van der Waals surface area (Å²) in [5.41, 5.74) is 1.48. The minimum absolute atomic E-state index is 0.0159. The molecule has 2 unspecified atom stereocenters. The van der Waals surface area contributed by atoms with E-state index in [-0.39, 0.29) is 17.7 Å². The number of aliphatic hydroxyl groups is 1. The molecule has 1 fully saturated rings. The van der Waals surface area contributed by atoms with Gasteiger partial charge in [0.05, 0.1) is 29.4 Å². The van der Waals surface area contributed by atoms with Gasteiger partial charge in [0.2, 0.25) is 0 Å². The summed E-state index contributed by atoms with van der Waals surface area (Å²) in [5.74, 6) is -1.02. The number of aromatic carboxylic acids is 1. The number of rotatable bonds is 2. The van der Waals surface area contributed by atoms with E-state index in [1.165, 1.54) is 12.4 Å². The quantitative estimate of drug-likeness (QED) is 0.732. The van der Waals surface area contributed by atoms with Gasteiger partial charge in [-0.2, -0.15) is 10.2 Å². The average Bonchev–Trinajstić information content (AvgIpc) is 2.47. The topological polar surface area (TPSA) is 108 Å². The second kappa shape index (κ2) is 5.10. The molecular weight excluding hydrogens is 260 g/mol. The van der Waals surface area contributed by atoms with Crippen molar-refractivity contribution < 1.29 is 15.0 Å². The van der Waals surface area contributed by atoms with Gasteiger partial charge in [0.15, 0.2) is 0 Å². The van der Waals surface area contributed by atoms with Crippen LogP contribution in [0.4, 0.5) is 0 Å². The lowest BCUT2D eigenvalue weighted by atomic mass is 9.98. The van der Waals surface area contributed by atoms with Gasteiger partial charge in [0.1, 0.15) is 5.69 Å². The van der Waals surface area contributed by atoms with E-state index in [2.05, 4.69) is 20.5 Å². The molecule has 3 N–H and O–H groups in total. The van der Waals surface area contributed by atoms with Gasteiger partial charge >= 0.3 is 5.97 Å². The number of pyridine rings is 1. The number of nitrogens with one attached hydrogen (secondary N) is 1. The summed E-state index contributed by atoms with van der Waals surface area (Å²) in [6.07, 6.45) is 3.95. The molecule has 2 aromatic rings. The van der Waals surface area contributed by atoms with Crippen LogP contribution in [0.15, 0.2) is 18.5 Å². The zero-order valence-corrected chi connectivity index (χ0v) is 10.7. The van der Waals surface area contributed by atoms with Crippen molar-refractivity contribution in [2.24, 2.45) is 0 Å². The first-order valence-electron chi connectivity index (χ1n) is 6.41. The molecule has 0 aromatic carbocycles. The van der Waals surface area contributed by atoms with Crippen molar-refractivity contribution in [3.8, 4) is 0 Å². The average molecular weight is 274 g/mol. The van der Waals surface area contributed by atoms with Crippen LogP contribution in [-0.2, 0) is 0 Å². The van der Waals surface area contributed by atoms with Crippen LogP contribution in [0.5, 0.6) is 0 Å². The van der Waals surface area contributed by atoms with Crippen molar-refractivity contribution in [1.29, 1.82) is 0 Å². The standard InChI is InChI=1S/C13H14N4O3/c18-9-1-2-10(14-6-9)12-11-7(5-16-17-12)3-8(4-15-11)13(19)20/h3-5,9-10,14,18H,1-2,6H2,(H,19,20). The summed E-state index contributed by atoms with van der Waals surface area (Å²) in [4.78, 5) is 15.2. The molecule has 2 aromatic heterocycles. The molecule has 3 heterocycles. The van der Waals surface area contributed by atoms with E-state index in [4.69, 9.17) is 5.11 Å². The number of β-amino-alcohol motifs (C(OH)–C–C–N with tert-alkyl or cyclic N) is 1. The Balaban J connectivity index is 2.01. The predicted octanol–water partition coefficient (Wildman–Crippen LogP) is 0.508. The fourth-order valence-corrected chi connectivity index (χ4v) is 2.42. The molecule has 7 heteroatoms. The molecule has 0 bridgehead atoms. The molecule has 104 valence electrons. The molecule has 0 aliphatic carbocycles. The Morgan fingerprint density at radius 2 is 2.20 bits per heavy atom. The highest BCUT2D eigenvalue weighted by atomic mass is 16.4. The molecule has 1 saturated heterocycles. The van der Waals surface area contributed by atoms with Crippen molar-refractivity contribution in [3.63, 3.8) is 0 Å². The highest BCUT2D eigenvalue weighted by molar-refractivity contribution is 5.92. The second-order valence-electron chi connectivity index (χ2n) is 4.89. The lowest BCUT2D eigenvalue weighted by molar-refractivity contribution is 0.0696. The maximum absolute atomic E-state index is 11.0. The maximum Gasteiger partial charge on any atom is 0.337 e. The molecular formula is C13H14N4O3. The summed E-state index contributed by atoms with van der Waals surface area (Å²) in [6, 6.07) is 1.53. The smallest absolute Gasteiger partial charge is 0.337 e. The van der Waals surface area contributed by atoms with Crippen LogP contribution < -0.4 is 5.32 Å². The van der Waals surface area contributed by atoms with Gasteiger partial charge in [-0.15, -0.1) is 0 Å². The summed E-state index contributed by atoms with van der Waals surface area (Å²) in [5, 5.41) is 30.4. The van der Waals surface area contributed by atoms with Crippen LogP contribution in [0.25, 0.3) is 10.9 Å². The minimum atomic E-state index is -1.02. The molecule has 0 amide bonds. The summed E-state index contributed by atoms with van der Waals surface area (Å²) in [6.45, 7) is 0.510. The van der Waals surface area contributed by atoms with Crippen molar-refractivity contribution in [3.05, 3.63) is 29.7 Å². The minimum Gasteiger partial charge on any atom is -0.478 e. The SMILES string of the molecule is O=C(O)c1cnc2c(C3CCC(O)CN3)nncc2c1. The number of carbonyl (C=O) groups is 1. The monoisotopic (exact) mass is 274 g/mol. The Bertz CT molecular complexity index is 653. The van der Waals surface area contributed by atoms with Gasteiger partial charge in [0, 0.05) is 18.1 Å². The Hall–Kier alpha value is -2.12. The van der Waals surface area contributed by atoms with Gasteiger partial charge in [0.25, 0.3) is 0 Å². The fraction of sp³-hybridized carbons (Fsp3) is 0.385. The van der Waals surface area contributed by atoms with Crippen molar-refractivity contribution in [2.75, 3.05) is 6.54 Å². The molecule has 0 saturated carbocycles. The van der Waals surface area contributed by atoms with E-state index >= 15 is 0 Å². The Labute approximate surface area is 114 Å². The lowest BCUT2D eigenvalue weighted by Crippen LogP contribution is -2.36. The van der Waals surface area contributed by atoms with Crippen molar-refractivity contribution in [2.45, 2.75) is 25.0 Å². The van der Waals surface area contributed by atoms with Crippen molar-refractivity contribution in [1.82, 2.24) is 20.5 Å². The van der Waals surface area contributed by atoms with E-state index < -0.39 is 5.97 Å². The van der Waals surface area contributed by atoms with Crippen molar-refractivity contribution >= 4 is 16.9 Å². The third kappa shape index (κ3) is 2.33. The molecule has 0 spiro atoms. The molecule has 3 rings (SSSR count). The first kappa shape index (κ1) is 12.9. The number of carboxylic acid groups (broad SMARTS) is 1. The zero-order chi connectivity index (χ0) is 14.1. The van der Waals surface area contributed by atoms with Gasteiger partial charge < -0.3 is 15.5 Å². The Morgan fingerprint density at radius 1 is 1.35 bits per heavy atom. The largest absolute Gasteiger partial charge is 0.478 e. The zero-order valence-electron chi connectivity index (χ0n) is 10.7. The number of fused-ring (bicyclic) bond motifs is 1. The summed E-state index contributed by atoms with van der Waals surface area (Å²) >= 11 is 0. The van der Waals surface area contributed by atoms with E-state index in [1.54, 1.807) is 6.07 Å². The van der Waals surface area contributed by atoms with Crippen LogP contribution in [0, 0.1) is 0 Å². The number of aliphatic hydroxyl groups excluding tert-OH is 1. The molecule has 0 radical (unpaired) electrons. The molecule has 7 nitrogen and oxygen atoms in total. The van der Waals surface area contributed by atoms with Gasteiger partial charge in [-0.1, -0.05) is 0 Å². The molecule has 1 aliphatic rings. The highest BCUT2D eigenvalue weighted by Gasteiger charge is 2.23.